The summed E-state index contributed by atoms with van der Waals surface area (Å²) in [6.07, 6.45) is 22.6. The molecule has 0 heterocycles. The zero-order valence-corrected chi connectivity index (χ0v) is 18.5. The summed E-state index contributed by atoms with van der Waals surface area (Å²) in [5.41, 5.74) is 1.03. The highest BCUT2D eigenvalue weighted by Crippen LogP contribution is 2.36. The van der Waals surface area contributed by atoms with Crippen LogP contribution in [0.15, 0.2) is 24.3 Å². The number of aromatic hydroxyl groups is 1. The quantitative estimate of drug-likeness (QED) is 0.220. The van der Waals surface area contributed by atoms with Crippen molar-refractivity contribution < 1.29 is 14.6 Å². The minimum absolute atomic E-state index is 0.239. The van der Waals surface area contributed by atoms with Crippen molar-refractivity contribution in [3.63, 3.8) is 0 Å². The van der Waals surface area contributed by atoms with Gasteiger partial charge in [-0.3, -0.25) is 0 Å². The SMILES string of the molecule is CCCCCC/C=C/CCCCCCCCCc1cc(O)cc(OC)c1OC. The number of ether oxygens (including phenoxy) is 2. The van der Waals surface area contributed by atoms with Crippen LogP contribution in [-0.4, -0.2) is 19.3 Å². The smallest absolute Gasteiger partial charge is 0.164 e. The van der Waals surface area contributed by atoms with E-state index in [4.69, 9.17) is 9.47 Å². The van der Waals surface area contributed by atoms with Crippen LogP contribution in [0.2, 0.25) is 0 Å². The van der Waals surface area contributed by atoms with E-state index in [2.05, 4.69) is 19.1 Å². The molecule has 160 valence electrons. The topological polar surface area (TPSA) is 38.7 Å². The molecule has 1 rings (SSSR count). The molecular weight excluding hydrogens is 348 g/mol. The number of aryl methyl sites for hydroxylation is 1. The summed E-state index contributed by atoms with van der Waals surface area (Å²) < 4.78 is 10.8. The molecule has 1 aromatic rings. The predicted molar refractivity (Wildman–Crippen MR) is 120 cm³/mol. The average molecular weight is 391 g/mol. The number of hydrogen-bond acceptors (Lipinski definition) is 3. The fourth-order valence-corrected chi connectivity index (χ4v) is 3.60. The molecule has 0 fully saturated rings. The number of rotatable bonds is 17. The van der Waals surface area contributed by atoms with Gasteiger partial charge < -0.3 is 14.6 Å². The van der Waals surface area contributed by atoms with Crippen molar-refractivity contribution in [2.24, 2.45) is 0 Å². The van der Waals surface area contributed by atoms with E-state index in [1.165, 1.54) is 77.0 Å². The normalized spacial score (nSPS) is 11.2. The number of benzene rings is 1. The van der Waals surface area contributed by atoms with Gasteiger partial charge in [-0.05, 0) is 44.6 Å². The summed E-state index contributed by atoms with van der Waals surface area (Å²) in [5, 5.41) is 9.83. The lowest BCUT2D eigenvalue weighted by Crippen LogP contribution is -1.96. The number of allylic oxidation sites excluding steroid dienone is 2. The lowest BCUT2D eigenvalue weighted by atomic mass is 10.0. The third-order valence-corrected chi connectivity index (χ3v) is 5.25. The Hall–Kier alpha value is -1.64. The van der Waals surface area contributed by atoms with Crippen LogP contribution in [0, 0.1) is 0 Å². The molecule has 0 aliphatic rings. The molecule has 0 bridgehead atoms. The Balaban J connectivity index is 2.04. The molecular formula is C25H42O3. The van der Waals surface area contributed by atoms with Crippen molar-refractivity contribution in [2.75, 3.05) is 14.2 Å². The van der Waals surface area contributed by atoms with Crippen molar-refractivity contribution in [3.8, 4) is 17.2 Å². The highest BCUT2D eigenvalue weighted by Gasteiger charge is 2.11. The van der Waals surface area contributed by atoms with Crippen LogP contribution < -0.4 is 9.47 Å². The van der Waals surface area contributed by atoms with Crippen molar-refractivity contribution in [1.82, 2.24) is 0 Å². The second kappa shape index (κ2) is 16.3. The molecule has 0 amide bonds. The van der Waals surface area contributed by atoms with Crippen molar-refractivity contribution in [2.45, 2.75) is 96.8 Å². The highest BCUT2D eigenvalue weighted by molar-refractivity contribution is 5.51. The van der Waals surface area contributed by atoms with Gasteiger partial charge in [0.2, 0.25) is 0 Å². The largest absolute Gasteiger partial charge is 0.508 e. The van der Waals surface area contributed by atoms with Gasteiger partial charge >= 0.3 is 0 Å². The number of hydrogen-bond donors (Lipinski definition) is 1. The van der Waals surface area contributed by atoms with E-state index in [0.717, 1.165) is 24.2 Å². The van der Waals surface area contributed by atoms with Crippen LogP contribution in [0.5, 0.6) is 17.2 Å². The molecule has 0 spiro atoms. The summed E-state index contributed by atoms with van der Waals surface area (Å²) in [6.45, 7) is 2.26. The van der Waals surface area contributed by atoms with E-state index in [1.807, 2.05) is 0 Å². The maximum Gasteiger partial charge on any atom is 0.164 e. The summed E-state index contributed by atoms with van der Waals surface area (Å²) in [6, 6.07) is 3.39. The Kier molecular flexibility index (Phi) is 14.2. The Morgan fingerprint density at radius 2 is 1.32 bits per heavy atom. The summed E-state index contributed by atoms with van der Waals surface area (Å²) in [5.74, 6) is 1.59. The van der Waals surface area contributed by atoms with Crippen LogP contribution in [0.25, 0.3) is 0 Å². The van der Waals surface area contributed by atoms with Gasteiger partial charge in [-0.25, -0.2) is 0 Å². The van der Waals surface area contributed by atoms with Gasteiger partial charge in [-0.1, -0.05) is 70.4 Å². The zero-order chi connectivity index (χ0) is 20.5. The van der Waals surface area contributed by atoms with Gasteiger partial charge in [0.1, 0.15) is 5.75 Å². The first-order valence-corrected chi connectivity index (χ1v) is 11.3. The Bertz CT molecular complexity index is 537. The fourth-order valence-electron chi connectivity index (χ4n) is 3.60. The molecule has 3 nitrogen and oxygen atoms in total. The van der Waals surface area contributed by atoms with Gasteiger partial charge in [0.05, 0.1) is 14.2 Å². The molecule has 0 aromatic heterocycles. The van der Waals surface area contributed by atoms with Gasteiger partial charge in [0.25, 0.3) is 0 Å². The third kappa shape index (κ3) is 10.6. The molecule has 28 heavy (non-hydrogen) atoms. The molecule has 3 heteroatoms. The third-order valence-electron chi connectivity index (χ3n) is 5.25. The Morgan fingerprint density at radius 3 is 1.89 bits per heavy atom. The molecule has 0 radical (unpaired) electrons. The van der Waals surface area contributed by atoms with E-state index in [9.17, 15) is 5.11 Å². The summed E-state index contributed by atoms with van der Waals surface area (Å²) >= 11 is 0. The molecule has 0 aliphatic heterocycles. The minimum Gasteiger partial charge on any atom is -0.508 e. The molecule has 0 aliphatic carbocycles. The Labute approximate surface area is 173 Å². The van der Waals surface area contributed by atoms with Crippen molar-refractivity contribution in [1.29, 1.82) is 0 Å². The van der Waals surface area contributed by atoms with Crippen LogP contribution in [0.1, 0.15) is 96.0 Å². The van der Waals surface area contributed by atoms with Crippen LogP contribution in [0.4, 0.5) is 0 Å². The first-order chi connectivity index (χ1) is 13.7. The molecule has 1 aromatic carbocycles. The predicted octanol–water partition coefficient (Wildman–Crippen LogP) is 7.60. The fraction of sp³-hybridized carbons (Fsp3) is 0.680. The van der Waals surface area contributed by atoms with Gasteiger partial charge in [0.15, 0.2) is 11.5 Å². The number of unbranched alkanes of at least 4 members (excludes halogenated alkanes) is 11. The van der Waals surface area contributed by atoms with Gasteiger partial charge in [-0.2, -0.15) is 0 Å². The number of phenols is 1. The second-order valence-corrected chi connectivity index (χ2v) is 7.67. The average Bonchev–Trinajstić information content (AvgIpc) is 2.70. The van der Waals surface area contributed by atoms with Gasteiger partial charge in [-0.15, -0.1) is 0 Å². The molecule has 1 N–H and O–H groups in total. The van der Waals surface area contributed by atoms with E-state index in [0.29, 0.717) is 5.75 Å². The minimum atomic E-state index is 0.239. The molecule has 0 saturated heterocycles. The first kappa shape index (κ1) is 24.4. The van der Waals surface area contributed by atoms with Crippen LogP contribution in [-0.2, 0) is 6.42 Å². The lowest BCUT2D eigenvalue weighted by molar-refractivity contribution is 0.347. The monoisotopic (exact) mass is 390 g/mol. The summed E-state index contributed by atoms with van der Waals surface area (Å²) in [4.78, 5) is 0. The zero-order valence-electron chi connectivity index (χ0n) is 18.5. The molecule has 0 saturated carbocycles. The van der Waals surface area contributed by atoms with Crippen LogP contribution in [0.3, 0.4) is 0 Å². The number of phenolic OH excluding ortho intramolecular Hbond substituents is 1. The van der Waals surface area contributed by atoms with Gasteiger partial charge in [0, 0.05) is 11.6 Å². The maximum absolute atomic E-state index is 9.83. The Morgan fingerprint density at radius 1 is 0.750 bits per heavy atom. The van der Waals surface area contributed by atoms with Crippen LogP contribution >= 0.6 is 0 Å². The maximum atomic E-state index is 9.83. The van der Waals surface area contributed by atoms with Crippen molar-refractivity contribution >= 4 is 0 Å². The van der Waals surface area contributed by atoms with Crippen molar-refractivity contribution in [3.05, 3.63) is 29.8 Å². The van der Waals surface area contributed by atoms with E-state index in [1.54, 1.807) is 26.4 Å². The summed E-state index contributed by atoms with van der Waals surface area (Å²) in [7, 11) is 3.25. The number of methoxy groups -OCH3 is 2. The lowest BCUT2D eigenvalue weighted by Gasteiger charge is -2.13. The van der Waals surface area contributed by atoms with E-state index in [-0.39, 0.29) is 5.75 Å². The standard InChI is InChI=1S/C25H42O3/c1-4-5-6-7-8-9-10-11-12-13-14-15-16-17-18-19-22-20-23(26)21-24(27-2)25(22)28-3/h9-10,20-21,26H,4-8,11-19H2,1-3H3/b10-9+. The molecule has 0 unspecified atom stereocenters. The van der Waals surface area contributed by atoms with E-state index < -0.39 is 0 Å². The highest BCUT2D eigenvalue weighted by atomic mass is 16.5. The van der Waals surface area contributed by atoms with E-state index >= 15 is 0 Å². The first-order valence-electron chi connectivity index (χ1n) is 11.3. The molecule has 0 atom stereocenters. The second-order valence-electron chi connectivity index (χ2n) is 7.67.